The molecule has 0 bridgehead atoms. The Bertz CT molecular complexity index is 574. The van der Waals surface area contributed by atoms with Crippen molar-refractivity contribution in [1.29, 1.82) is 0 Å². The molecule has 1 aromatic rings. The van der Waals surface area contributed by atoms with Crippen molar-refractivity contribution < 1.29 is 22.7 Å². The molecular weight excluding hydrogens is 296 g/mol. The van der Waals surface area contributed by atoms with Crippen LogP contribution in [0, 0.1) is 0 Å². The second-order valence-electron chi connectivity index (χ2n) is 4.32. The number of esters is 1. The number of nitrogens with two attached hydrogens (primary N) is 1. The highest BCUT2D eigenvalue weighted by atomic mass is 32.2. The molecule has 0 aliphatic heterocycles. The molecule has 2 N–H and O–H groups in total. The van der Waals surface area contributed by atoms with Crippen LogP contribution in [0.4, 0.5) is 5.69 Å². The van der Waals surface area contributed by atoms with Crippen LogP contribution in [0.15, 0.2) is 29.2 Å². The third-order valence-electron chi connectivity index (χ3n) is 2.89. The smallest absolute Gasteiger partial charge is 0.307 e. The van der Waals surface area contributed by atoms with Gasteiger partial charge < -0.3 is 14.4 Å². The summed E-state index contributed by atoms with van der Waals surface area (Å²) in [6.45, 7) is 1.13. The van der Waals surface area contributed by atoms with Gasteiger partial charge in [-0.3, -0.25) is 4.79 Å². The first-order valence-electron chi connectivity index (χ1n) is 6.32. The first kappa shape index (κ1) is 17.4. The average molecular weight is 316 g/mol. The van der Waals surface area contributed by atoms with Crippen LogP contribution in [0.1, 0.15) is 6.42 Å². The molecule has 8 heteroatoms. The van der Waals surface area contributed by atoms with Crippen molar-refractivity contribution in [2.24, 2.45) is 5.14 Å². The van der Waals surface area contributed by atoms with Crippen LogP contribution in [0.3, 0.4) is 0 Å². The molecule has 0 amide bonds. The molecule has 0 aliphatic carbocycles. The molecule has 1 aromatic carbocycles. The number of sulfonamides is 1. The van der Waals surface area contributed by atoms with Crippen molar-refractivity contribution in [3.8, 4) is 0 Å². The number of nitrogens with zero attached hydrogens (tertiary/aromatic N) is 1. The lowest BCUT2D eigenvalue weighted by Crippen LogP contribution is -2.31. The summed E-state index contributed by atoms with van der Waals surface area (Å²) in [6.07, 6.45) is 0.138. The number of para-hydroxylation sites is 1. The number of primary sulfonamides is 1. The molecule has 0 aliphatic rings. The molecular formula is C13H20N2O5S. The number of anilines is 1. The Kier molecular flexibility index (Phi) is 6.60. The molecule has 0 unspecified atom stereocenters. The molecule has 0 saturated carbocycles. The minimum atomic E-state index is -3.85. The van der Waals surface area contributed by atoms with Gasteiger partial charge in [0.15, 0.2) is 0 Å². The van der Waals surface area contributed by atoms with E-state index in [9.17, 15) is 13.2 Å². The minimum Gasteiger partial charge on any atom is -0.469 e. The SMILES string of the molecule is COCCN(CCC(=O)OC)c1ccccc1S(N)(=O)=O. The van der Waals surface area contributed by atoms with Crippen molar-refractivity contribution in [3.63, 3.8) is 0 Å². The largest absolute Gasteiger partial charge is 0.469 e. The van der Waals surface area contributed by atoms with Gasteiger partial charge in [-0.25, -0.2) is 13.6 Å². The topological polar surface area (TPSA) is 98.9 Å². The van der Waals surface area contributed by atoms with Gasteiger partial charge >= 0.3 is 5.97 Å². The number of carbonyl (C=O) groups is 1. The lowest BCUT2D eigenvalue weighted by atomic mass is 10.2. The van der Waals surface area contributed by atoms with Crippen LogP contribution in [-0.2, 0) is 24.3 Å². The maximum atomic E-state index is 11.7. The minimum absolute atomic E-state index is 0.0194. The highest BCUT2D eigenvalue weighted by Crippen LogP contribution is 2.24. The van der Waals surface area contributed by atoms with Gasteiger partial charge in [0.1, 0.15) is 4.90 Å². The van der Waals surface area contributed by atoms with Crippen LogP contribution < -0.4 is 10.0 Å². The molecule has 0 aromatic heterocycles. The first-order valence-corrected chi connectivity index (χ1v) is 7.87. The summed E-state index contributed by atoms with van der Waals surface area (Å²) in [5.74, 6) is -0.370. The van der Waals surface area contributed by atoms with Crippen LogP contribution in [0.5, 0.6) is 0 Å². The van der Waals surface area contributed by atoms with Crippen molar-refractivity contribution >= 4 is 21.7 Å². The van der Waals surface area contributed by atoms with E-state index in [1.54, 1.807) is 30.2 Å². The Morgan fingerprint density at radius 1 is 1.24 bits per heavy atom. The third kappa shape index (κ3) is 5.33. The second-order valence-corrected chi connectivity index (χ2v) is 5.85. The maximum Gasteiger partial charge on any atom is 0.307 e. The number of rotatable bonds is 8. The van der Waals surface area contributed by atoms with Gasteiger partial charge in [0.25, 0.3) is 0 Å². The van der Waals surface area contributed by atoms with Gasteiger partial charge in [-0.15, -0.1) is 0 Å². The molecule has 0 saturated heterocycles. The molecule has 0 fully saturated rings. The predicted molar refractivity (Wildman–Crippen MR) is 78.5 cm³/mol. The zero-order chi connectivity index (χ0) is 15.9. The summed E-state index contributed by atoms with van der Waals surface area (Å²) in [7, 11) is -0.995. The van der Waals surface area contributed by atoms with E-state index >= 15 is 0 Å². The van der Waals surface area contributed by atoms with Gasteiger partial charge in [0.05, 0.1) is 25.8 Å². The molecule has 0 heterocycles. The van der Waals surface area contributed by atoms with E-state index in [-0.39, 0.29) is 17.3 Å². The van der Waals surface area contributed by atoms with E-state index in [0.717, 1.165) is 0 Å². The maximum absolute atomic E-state index is 11.7. The Morgan fingerprint density at radius 3 is 2.48 bits per heavy atom. The summed E-state index contributed by atoms with van der Waals surface area (Å²) >= 11 is 0. The van der Waals surface area contributed by atoms with Gasteiger partial charge in [-0.1, -0.05) is 12.1 Å². The van der Waals surface area contributed by atoms with Crippen LogP contribution in [-0.4, -0.2) is 48.3 Å². The fourth-order valence-corrected chi connectivity index (χ4v) is 2.60. The van der Waals surface area contributed by atoms with Crippen molar-refractivity contribution in [3.05, 3.63) is 24.3 Å². The molecule has 0 atom stereocenters. The quantitative estimate of drug-likeness (QED) is 0.695. The van der Waals surface area contributed by atoms with Gasteiger partial charge in [-0.05, 0) is 12.1 Å². The lowest BCUT2D eigenvalue weighted by Gasteiger charge is -2.25. The Balaban J connectivity index is 3.05. The van der Waals surface area contributed by atoms with Crippen molar-refractivity contribution in [2.75, 3.05) is 38.8 Å². The highest BCUT2D eigenvalue weighted by Gasteiger charge is 2.18. The zero-order valence-electron chi connectivity index (χ0n) is 12.1. The van der Waals surface area contributed by atoms with E-state index in [1.165, 1.54) is 13.2 Å². The van der Waals surface area contributed by atoms with E-state index in [0.29, 0.717) is 25.4 Å². The van der Waals surface area contributed by atoms with Crippen LogP contribution in [0.25, 0.3) is 0 Å². The lowest BCUT2D eigenvalue weighted by molar-refractivity contribution is -0.140. The van der Waals surface area contributed by atoms with Crippen LogP contribution in [0.2, 0.25) is 0 Å². The molecule has 118 valence electrons. The van der Waals surface area contributed by atoms with Gasteiger partial charge in [-0.2, -0.15) is 0 Å². The number of ether oxygens (including phenoxy) is 2. The summed E-state index contributed by atoms with van der Waals surface area (Å²) < 4.78 is 32.9. The van der Waals surface area contributed by atoms with Crippen molar-refractivity contribution in [1.82, 2.24) is 0 Å². The van der Waals surface area contributed by atoms with Gasteiger partial charge in [0.2, 0.25) is 10.0 Å². The summed E-state index contributed by atoms with van der Waals surface area (Å²) in [6, 6.07) is 6.38. The summed E-state index contributed by atoms with van der Waals surface area (Å²) in [4.78, 5) is 13.0. The summed E-state index contributed by atoms with van der Waals surface area (Å²) in [5.41, 5.74) is 0.445. The van der Waals surface area contributed by atoms with E-state index in [2.05, 4.69) is 4.74 Å². The number of methoxy groups -OCH3 is 2. The first-order chi connectivity index (χ1) is 9.90. The standard InChI is InChI=1S/C13H20N2O5S/c1-19-10-9-15(8-7-13(16)20-2)11-5-3-4-6-12(11)21(14,17)18/h3-6H,7-10H2,1-2H3,(H2,14,17,18). The Hall–Kier alpha value is -1.64. The number of carbonyl (C=O) groups excluding carboxylic acids is 1. The molecule has 0 spiro atoms. The van der Waals surface area contributed by atoms with Crippen molar-refractivity contribution in [2.45, 2.75) is 11.3 Å². The predicted octanol–water partition coefficient (Wildman–Crippen LogP) is 0.350. The fraction of sp³-hybridized carbons (Fsp3) is 0.462. The normalized spacial score (nSPS) is 11.2. The Labute approximate surface area is 124 Å². The molecule has 21 heavy (non-hydrogen) atoms. The van der Waals surface area contributed by atoms with E-state index in [1.807, 2.05) is 0 Å². The van der Waals surface area contributed by atoms with E-state index in [4.69, 9.17) is 9.88 Å². The average Bonchev–Trinajstić information content (AvgIpc) is 2.46. The monoisotopic (exact) mass is 316 g/mol. The number of benzene rings is 1. The second kappa shape index (κ2) is 7.96. The zero-order valence-corrected chi connectivity index (χ0v) is 12.9. The molecule has 0 radical (unpaired) electrons. The molecule has 1 rings (SSSR count). The molecule has 7 nitrogen and oxygen atoms in total. The Morgan fingerprint density at radius 2 is 1.90 bits per heavy atom. The third-order valence-corrected chi connectivity index (χ3v) is 3.85. The van der Waals surface area contributed by atoms with Gasteiger partial charge in [0, 0.05) is 20.2 Å². The number of hydrogen-bond donors (Lipinski definition) is 1. The fourth-order valence-electron chi connectivity index (χ4n) is 1.84. The number of hydrogen-bond acceptors (Lipinski definition) is 6. The van der Waals surface area contributed by atoms with Crippen LogP contribution >= 0.6 is 0 Å². The highest BCUT2D eigenvalue weighted by molar-refractivity contribution is 7.89. The van der Waals surface area contributed by atoms with E-state index < -0.39 is 10.0 Å². The summed E-state index contributed by atoms with van der Waals surface area (Å²) in [5, 5.41) is 5.23.